The van der Waals surface area contributed by atoms with Crippen molar-refractivity contribution in [3.05, 3.63) is 57.2 Å². The summed E-state index contributed by atoms with van der Waals surface area (Å²) in [6.45, 7) is 7.31. The maximum Gasteiger partial charge on any atom is 0.265 e. The van der Waals surface area contributed by atoms with Gasteiger partial charge in [-0.05, 0) is 42.0 Å². The van der Waals surface area contributed by atoms with Crippen LogP contribution < -0.4 is 0 Å². The largest absolute Gasteiger partial charge is 0.335 e. The Labute approximate surface area is 191 Å². The van der Waals surface area contributed by atoms with E-state index in [0.29, 0.717) is 28.8 Å². The molecule has 6 nitrogen and oxygen atoms in total. The molecule has 1 amide bonds. The van der Waals surface area contributed by atoms with E-state index in [1.807, 2.05) is 35.9 Å². The van der Waals surface area contributed by atoms with Gasteiger partial charge < -0.3 is 4.90 Å². The number of amides is 1. The van der Waals surface area contributed by atoms with Gasteiger partial charge in [0, 0.05) is 37.1 Å². The minimum atomic E-state index is -3.57. The predicted molar refractivity (Wildman–Crippen MR) is 125 cm³/mol. The van der Waals surface area contributed by atoms with Gasteiger partial charge in [0.25, 0.3) is 5.91 Å². The molecule has 3 aromatic rings. The van der Waals surface area contributed by atoms with Crippen LogP contribution in [0.15, 0.2) is 46.0 Å². The first kappa shape index (κ1) is 22.1. The molecule has 0 N–H and O–H groups in total. The highest BCUT2D eigenvalue weighted by molar-refractivity contribution is 7.89. The van der Waals surface area contributed by atoms with E-state index in [2.05, 4.69) is 18.8 Å². The zero-order chi connectivity index (χ0) is 22.2. The first-order valence-electron chi connectivity index (χ1n) is 10.2. The summed E-state index contributed by atoms with van der Waals surface area (Å²) < 4.78 is 27.5. The molecule has 9 heteroatoms. The second-order valence-electron chi connectivity index (χ2n) is 7.87. The van der Waals surface area contributed by atoms with Crippen molar-refractivity contribution in [2.45, 2.75) is 31.6 Å². The van der Waals surface area contributed by atoms with Gasteiger partial charge in [-0.2, -0.15) is 15.6 Å². The highest BCUT2D eigenvalue weighted by atomic mass is 32.2. The van der Waals surface area contributed by atoms with Crippen LogP contribution in [0.3, 0.4) is 0 Å². The van der Waals surface area contributed by atoms with Crippen molar-refractivity contribution in [2.24, 2.45) is 0 Å². The zero-order valence-electron chi connectivity index (χ0n) is 17.7. The smallest absolute Gasteiger partial charge is 0.265 e. The van der Waals surface area contributed by atoms with Gasteiger partial charge in [-0.3, -0.25) is 4.79 Å². The Morgan fingerprint density at radius 1 is 1.06 bits per heavy atom. The van der Waals surface area contributed by atoms with Gasteiger partial charge in [0.1, 0.15) is 9.88 Å². The monoisotopic (exact) mass is 475 g/mol. The van der Waals surface area contributed by atoms with E-state index in [9.17, 15) is 13.2 Å². The predicted octanol–water partition coefficient (Wildman–Crippen LogP) is 4.45. The second kappa shape index (κ2) is 8.82. The van der Waals surface area contributed by atoms with E-state index in [4.69, 9.17) is 0 Å². The van der Waals surface area contributed by atoms with Gasteiger partial charge in [0.15, 0.2) is 0 Å². The van der Waals surface area contributed by atoms with E-state index in [1.54, 1.807) is 28.4 Å². The Kier molecular flexibility index (Phi) is 6.30. The lowest BCUT2D eigenvalue weighted by Gasteiger charge is -2.33. The fraction of sp³-hybridized carbons (Fsp3) is 0.364. The van der Waals surface area contributed by atoms with Crippen LogP contribution in [0.25, 0.3) is 10.6 Å². The number of aryl methyl sites for hydroxylation is 1. The lowest BCUT2D eigenvalue weighted by molar-refractivity contribution is 0.0702. The third kappa shape index (κ3) is 4.45. The molecule has 164 valence electrons. The Morgan fingerprint density at radius 2 is 1.74 bits per heavy atom. The van der Waals surface area contributed by atoms with Gasteiger partial charge in [-0.25, -0.2) is 13.4 Å². The third-order valence-electron chi connectivity index (χ3n) is 5.47. The summed E-state index contributed by atoms with van der Waals surface area (Å²) in [5.74, 6) is 0.275. The number of carbonyl (C=O) groups excluding carboxylic acids is 1. The lowest BCUT2D eigenvalue weighted by Crippen LogP contribution is -2.50. The summed E-state index contributed by atoms with van der Waals surface area (Å²) in [6, 6.07) is 9.09. The van der Waals surface area contributed by atoms with E-state index in [-0.39, 0.29) is 19.0 Å². The fourth-order valence-corrected chi connectivity index (χ4v) is 6.72. The number of aromatic nitrogens is 1. The Hall–Kier alpha value is -2.07. The van der Waals surface area contributed by atoms with Crippen molar-refractivity contribution in [1.82, 2.24) is 14.2 Å². The van der Waals surface area contributed by atoms with Gasteiger partial charge in [-0.1, -0.05) is 26.0 Å². The first-order chi connectivity index (χ1) is 14.8. The highest BCUT2D eigenvalue weighted by Gasteiger charge is 2.31. The summed E-state index contributed by atoms with van der Waals surface area (Å²) in [5.41, 5.74) is 2.85. The van der Waals surface area contributed by atoms with Crippen LogP contribution in [0.1, 0.15) is 40.7 Å². The van der Waals surface area contributed by atoms with Gasteiger partial charge in [0.2, 0.25) is 10.0 Å². The van der Waals surface area contributed by atoms with E-state index in [1.165, 1.54) is 15.6 Å². The van der Waals surface area contributed by atoms with Crippen LogP contribution in [0.4, 0.5) is 0 Å². The average molecular weight is 476 g/mol. The van der Waals surface area contributed by atoms with Crippen LogP contribution in [-0.2, 0) is 10.0 Å². The Morgan fingerprint density at radius 3 is 2.32 bits per heavy atom. The first-order valence-corrected chi connectivity index (χ1v) is 13.4. The molecule has 31 heavy (non-hydrogen) atoms. The van der Waals surface area contributed by atoms with Crippen molar-refractivity contribution >= 4 is 38.6 Å². The number of thiazole rings is 1. The molecule has 0 unspecified atom stereocenters. The van der Waals surface area contributed by atoms with Gasteiger partial charge in [-0.15, -0.1) is 11.3 Å². The molecule has 0 spiro atoms. The van der Waals surface area contributed by atoms with Crippen molar-refractivity contribution in [3.63, 3.8) is 0 Å². The van der Waals surface area contributed by atoms with Crippen LogP contribution >= 0.6 is 22.7 Å². The van der Waals surface area contributed by atoms with E-state index >= 15 is 0 Å². The molecule has 1 aromatic carbocycles. The number of nitrogens with zero attached hydrogens (tertiary/aromatic N) is 3. The number of piperazine rings is 1. The Balaban J connectivity index is 1.44. The molecule has 2 aromatic heterocycles. The van der Waals surface area contributed by atoms with Crippen LogP contribution in [0.2, 0.25) is 0 Å². The third-order valence-corrected chi connectivity index (χ3v) is 9.26. The molecule has 0 atom stereocenters. The van der Waals surface area contributed by atoms with Crippen LogP contribution in [0.5, 0.6) is 0 Å². The second-order valence-corrected chi connectivity index (χ2v) is 11.6. The molecule has 3 heterocycles. The number of hydrogen-bond donors (Lipinski definition) is 0. The van der Waals surface area contributed by atoms with Crippen LogP contribution in [-0.4, -0.2) is 54.7 Å². The molecule has 1 fully saturated rings. The normalized spacial score (nSPS) is 15.5. The molecule has 1 saturated heterocycles. The number of thiophene rings is 1. The number of carbonyl (C=O) groups is 1. The van der Waals surface area contributed by atoms with E-state index in [0.717, 1.165) is 21.8 Å². The average Bonchev–Trinajstić information content (AvgIpc) is 3.43. The molecule has 0 radical (unpaired) electrons. The molecular formula is C22H25N3O3S3. The number of hydrogen-bond acceptors (Lipinski definition) is 6. The molecule has 0 saturated carbocycles. The maximum absolute atomic E-state index is 13.1. The minimum Gasteiger partial charge on any atom is -0.335 e. The van der Waals surface area contributed by atoms with Crippen molar-refractivity contribution in [2.75, 3.05) is 26.2 Å². The lowest BCUT2D eigenvalue weighted by atomic mass is 10.0. The summed E-state index contributed by atoms with van der Waals surface area (Å²) >= 11 is 3.00. The minimum absolute atomic E-state index is 0.0742. The zero-order valence-corrected chi connectivity index (χ0v) is 20.2. The summed E-state index contributed by atoms with van der Waals surface area (Å²) in [4.78, 5) is 20.3. The van der Waals surface area contributed by atoms with Gasteiger partial charge in [0.05, 0.1) is 10.6 Å². The van der Waals surface area contributed by atoms with Crippen LogP contribution in [0, 0.1) is 6.92 Å². The molecule has 0 bridgehead atoms. The van der Waals surface area contributed by atoms with Crippen molar-refractivity contribution in [1.29, 1.82) is 0 Å². The topological polar surface area (TPSA) is 70.6 Å². The summed E-state index contributed by atoms with van der Waals surface area (Å²) in [6.07, 6.45) is 0. The Bertz CT molecular complexity index is 1160. The highest BCUT2D eigenvalue weighted by Crippen LogP contribution is 2.30. The summed E-state index contributed by atoms with van der Waals surface area (Å²) in [5, 5.41) is 4.85. The molecule has 1 aliphatic rings. The molecular weight excluding hydrogens is 450 g/mol. The van der Waals surface area contributed by atoms with Gasteiger partial charge >= 0.3 is 0 Å². The van der Waals surface area contributed by atoms with Crippen molar-refractivity contribution in [3.8, 4) is 10.6 Å². The number of benzene rings is 1. The quantitative estimate of drug-likeness (QED) is 0.547. The SMILES string of the molecule is Cc1nc(-c2ccsc2)sc1C(=O)N1CCN(S(=O)(=O)c2ccc(C(C)C)cc2)CC1. The molecule has 4 rings (SSSR count). The molecule has 0 aliphatic carbocycles. The number of sulfonamides is 1. The van der Waals surface area contributed by atoms with E-state index < -0.39 is 10.0 Å². The summed E-state index contributed by atoms with van der Waals surface area (Å²) in [7, 11) is -3.57. The fourth-order valence-electron chi connectivity index (χ4n) is 3.55. The number of rotatable bonds is 5. The maximum atomic E-state index is 13.1. The molecule has 1 aliphatic heterocycles. The van der Waals surface area contributed by atoms with Crippen molar-refractivity contribution < 1.29 is 13.2 Å². The standard InChI is InChI=1S/C22H25N3O3S3/c1-15(2)17-4-6-19(7-5-17)31(27,28)25-11-9-24(10-12-25)22(26)20-16(3)23-21(30-20)18-8-13-29-14-18/h4-8,13-15H,9-12H2,1-3H3.